The Bertz CT molecular complexity index is 1280. The van der Waals surface area contributed by atoms with Gasteiger partial charge in [0.15, 0.2) is 4.96 Å². The number of benzene rings is 2. The van der Waals surface area contributed by atoms with Crippen molar-refractivity contribution in [1.82, 2.24) is 14.9 Å². The molecule has 0 aliphatic rings. The molecule has 1 amide bonds. The van der Waals surface area contributed by atoms with Crippen LogP contribution in [0.15, 0.2) is 59.5 Å². The van der Waals surface area contributed by atoms with Crippen molar-refractivity contribution in [2.75, 3.05) is 0 Å². The zero-order valence-electron chi connectivity index (χ0n) is 14.6. The summed E-state index contributed by atoms with van der Waals surface area (Å²) in [6, 6.07) is 11.7. The van der Waals surface area contributed by atoms with Crippen molar-refractivity contribution in [2.45, 2.75) is 12.8 Å². The van der Waals surface area contributed by atoms with Gasteiger partial charge in [-0.3, -0.25) is 18.8 Å². The molecule has 0 bridgehead atoms. The quantitative estimate of drug-likeness (QED) is 0.511. The van der Waals surface area contributed by atoms with Gasteiger partial charge in [0.1, 0.15) is 5.56 Å². The minimum atomic E-state index is -4.47. The van der Waals surface area contributed by atoms with Gasteiger partial charge in [0.05, 0.1) is 22.4 Å². The number of nitrogens with one attached hydrogen (secondary N) is 1. The molecular formula is C19H12F3N3O3S. The molecule has 0 saturated carbocycles. The molecule has 0 saturated heterocycles. The standard InChI is InChI=1S/C19H12F3N3O3S/c20-19(21,22)12-5-3-4-11(8-12)10-28-24-16(26)13-9-23-18-25(17(13)27)14-6-1-2-7-15(14)29-18/h1-9H,10H2,(H,24,26). The summed E-state index contributed by atoms with van der Waals surface area (Å²) in [5, 5.41) is 0. The van der Waals surface area contributed by atoms with Crippen LogP contribution in [0.25, 0.3) is 15.2 Å². The molecule has 6 nitrogen and oxygen atoms in total. The molecule has 0 unspecified atom stereocenters. The number of hydroxylamine groups is 1. The predicted molar refractivity (Wildman–Crippen MR) is 101 cm³/mol. The van der Waals surface area contributed by atoms with E-state index in [0.29, 0.717) is 10.5 Å². The number of rotatable bonds is 4. The number of para-hydroxylation sites is 1. The molecule has 4 rings (SSSR count). The van der Waals surface area contributed by atoms with Crippen LogP contribution < -0.4 is 11.0 Å². The molecule has 2 heterocycles. The summed E-state index contributed by atoms with van der Waals surface area (Å²) >= 11 is 1.31. The molecule has 0 atom stereocenters. The van der Waals surface area contributed by atoms with Crippen molar-refractivity contribution in [3.63, 3.8) is 0 Å². The first-order valence-corrected chi connectivity index (χ1v) is 9.14. The zero-order valence-corrected chi connectivity index (χ0v) is 15.4. The van der Waals surface area contributed by atoms with E-state index in [1.54, 1.807) is 12.1 Å². The molecule has 10 heteroatoms. The van der Waals surface area contributed by atoms with E-state index in [4.69, 9.17) is 4.84 Å². The monoisotopic (exact) mass is 419 g/mol. The fourth-order valence-corrected chi connectivity index (χ4v) is 3.77. The van der Waals surface area contributed by atoms with Crippen molar-refractivity contribution in [3.8, 4) is 0 Å². The van der Waals surface area contributed by atoms with E-state index >= 15 is 0 Å². The third-order valence-electron chi connectivity index (χ3n) is 4.14. The number of carbonyl (C=O) groups is 1. The summed E-state index contributed by atoms with van der Waals surface area (Å²) in [6.07, 6.45) is -3.33. The first-order valence-electron chi connectivity index (χ1n) is 8.32. The molecule has 0 aliphatic carbocycles. The van der Waals surface area contributed by atoms with Crippen molar-refractivity contribution in [1.29, 1.82) is 0 Å². The number of nitrogens with zero attached hydrogens (tertiary/aromatic N) is 2. The minimum absolute atomic E-state index is 0.217. The van der Waals surface area contributed by atoms with Crippen LogP contribution in [0.2, 0.25) is 0 Å². The lowest BCUT2D eigenvalue weighted by Crippen LogP contribution is -2.31. The number of thiazole rings is 1. The van der Waals surface area contributed by atoms with E-state index < -0.39 is 23.2 Å². The number of aromatic nitrogens is 2. The van der Waals surface area contributed by atoms with Gasteiger partial charge in [-0.1, -0.05) is 35.6 Å². The average molecular weight is 419 g/mol. The van der Waals surface area contributed by atoms with Crippen molar-refractivity contribution in [3.05, 3.63) is 81.8 Å². The van der Waals surface area contributed by atoms with Crippen molar-refractivity contribution < 1.29 is 22.8 Å². The highest BCUT2D eigenvalue weighted by atomic mass is 32.1. The van der Waals surface area contributed by atoms with E-state index in [2.05, 4.69) is 10.5 Å². The maximum absolute atomic E-state index is 12.7. The Morgan fingerprint density at radius 3 is 2.76 bits per heavy atom. The van der Waals surface area contributed by atoms with Gasteiger partial charge >= 0.3 is 6.18 Å². The van der Waals surface area contributed by atoms with Crippen LogP contribution in [0.1, 0.15) is 21.5 Å². The van der Waals surface area contributed by atoms with Crippen LogP contribution >= 0.6 is 11.3 Å². The third kappa shape index (κ3) is 3.71. The molecular weight excluding hydrogens is 407 g/mol. The normalized spacial score (nSPS) is 11.8. The number of alkyl halides is 3. The lowest BCUT2D eigenvalue weighted by molar-refractivity contribution is -0.137. The van der Waals surface area contributed by atoms with Gasteiger partial charge < -0.3 is 0 Å². The Morgan fingerprint density at radius 2 is 1.97 bits per heavy atom. The van der Waals surface area contributed by atoms with Crippen molar-refractivity contribution in [2.24, 2.45) is 0 Å². The number of fused-ring (bicyclic) bond motifs is 3. The highest BCUT2D eigenvalue weighted by Crippen LogP contribution is 2.29. The summed E-state index contributed by atoms with van der Waals surface area (Å²) in [4.78, 5) is 34.6. The molecule has 4 aromatic rings. The topological polar surface area (TPSA) is 72.7 Å². The first kappa shape index (κ1) is 19.1. The van der Waals surface area contributed by atoms with E-state index in [9.17, 15) is 22.8 Å². The number of amides is 1. The van der Waals surface area contributed by atoms with E-state index in [1.165, 1.54) is 27.9 Å². The Labute approximate surface area is 165 Å². The van der Waals surface area contributed by atoms with E-state index in [1.807, 2.05) is 12.1 Å². The minimum Gasteiger partial charge on any atom is -0.269 e. The Hall–Kier alpha value is -3.24. The lowest BCUT2D eigenvalue weighted by atomic mass is 10.1. The highest BCUT2D eigenvalue weighted by molar-refractivity contribution is 7.23. The van der Waals surface area contributed by atoms with Gasteiger partial charge in [0.25, 0.3) is 11.5 Å². The van der Waals surface area contributed by atoms with Crippen LogP contribution in [0.4, 0.5) is 13.2 Å². The largest absolute Gasteiger partial charge is 0.416 e. The van der Waals surface area contributed by atoms with Crippen LogP contribution in [0, 0.1) is 0 Å². The van der Waals surface area contributed by atoms with E-state index in [-0.39, 0.29) is 17.7 Å². The molecule has 1 N–H and O–H groups in total. The zero-order chi connectivity index (χ0) is 20.6. The predicted octanol–water partition coefficient (Wildman–Crippen LogP) is 3.79. The summed E-state index contributed by atoms with van der Waals surface area (Å²) in [7, 11) is 0. The van der Waals surface area contributed by atoms with Gasteiger partial charge in [0, 0.05) is 6.20 Å². The van der Waals surface area contributed by atoms with Crippen LogP contribution in [-0.2, 0) is 17.6 Å². The second-order valence-electron chi connectivity index (χ2n) is 6.08. The molecule has 29 heavy (non-hydrogen) atoms. The number of halogens is 3. The molecule has 0 spiro atoms. The Balaban J connectivity index is 1.52. The molecule has 0 aliphatic heterocycles. The molecule has 2 aromatic carbocycles. The van der Waals surface area contributed by atoms with Crippen LogP contribution in [-0.4, -0.2) is 15.3 Å². The maximum atomic E-state index is 12.7. The molecule has 0 fully saturated rings. The Morgan fingerprint density at radius 1 is 1.17 bits per heavy atom. The van der Waals surface area contributed by atoms with E-state index in [0.717, 1.165) is 23.0 Å². The number of hydrogen-bond donors (Lipinski definition) is 1. The van der Waals surface area contributed by atoms with Gasteiger partial charge in [-0.15, -0.1) is 0 Å². The van der Waals surface area contributed by atoms with Gasteiger partial charge in [-0.05, 0) is 29.8 Å². The Kier molecular flexibility index (Phi) is 4.81. The first-order chi connectivity index (χ1) is 13.8. The fourth-order valence-electron chi connectivity index (χ4n) is 2.78. The average Bonchev–Trinajstić information content (AvgIpc) is 3.07. The van der Waals surface area contributed by atoms with Gasteiger partial charge in [-0.2, -0.15) is 13.2 Å². The molecule has 2 aromatic heterocycles. The van der Waals surface area contributed by atoms with Gasteiger partial charge in [0.2, 0.25) is 0 Å². The number of hydrogen-bond acceptors (Lipinski definition) is 5. The maximum Gasteiger partial charge on any atom is 0.416 e. The lowest BCUT2D eigenvalue weighted by Gasteiger charge is -2.09. The summed E-state index contributed by atoms with van der Waals surface area (Å²) in [5.74, 6) is -0.834. The second-order valence-corrected chi connectivity index (χ2v) is 7.09. The summed E-state index contributed by atoms with van der Waals surface area (Å²) < 4.78 is 40.4. The highest BCUT2D eigenvalue weighted by Gasteiger charge is 2.30. The second kappa shape index (κ2) is 7.30. The summed E-state index contributed by atoms with van der Waals surface area (Å²) in [6.45, 7) is -0.298. The fraction of sp³-hybridized carbons (Fsp3) is 0.105. The SMILES string of the molecule is O=C(NOCc1cccc(C(F)(F)F)c1)c1cnc2sc3ccccc3n2c1=O. The number of carbonyl (C=O) groups excluding carboxylic acids is 1. The molecule has 0 radical (unpaired) electrons. The molecule has 148 valence electrons. The van der Waals surface area contributed by atoms with Crippen LogP contribution in [0.5, 0.6) is 0 Å². The summed E-state index contributed by atoms with van der Waals surface area (Å²) in [5.41, 5.74) is 1.31. The smallest absolute Gasteiger partial charge is 0.269 e. The van der Waals surface area contributed by atoms with Gasteiger partial charge in [-0.25, -0.2) is 10.5 Å². The van der Waals surface area contributed by atoms with Crippen molar-refractivity contribution >= 4 is 32.4 Å². The third-order valence-corrected chi connectivity index (χ3v) is 5.17. The van der Waals surface area contributed by atoms with Crippen LogP contribution in [0.3, 0.4) is 0 Å².